The Hall–Kier alpha value is -1.85. The molecule has 4 nitrogen and oxygen atoms in total. The van der Waals surface area contributed by atoms with Gasteiger partial charge >= 0.3 is 0 Å². The first-order valence-electron chi connectivity index (χ1n) is 5.79. The van der Waals surface area contributed by atoms with E-state index >= 15 is 0 Å². The van der Waals surface area contributed by atoms with Gasteiger partial charge in [0.1, 0.15) is 0 Å². The molecular weight excluding hydrogens is 296 g/mol. The number of benzene rings is 2. The van der Waals surface area contributed by atoms with Crippen LogP contribution in [0, 0.1) is 0 Å². The van der Waals surface area contributed by atoms with Crippen LogP contribution in [0.1, 0.15) is 15.9 Å². The van der Waals surface area contributed by atoms with Gasteiger partial charge in [-0.3, -0.25) is 9.00 Å². The Morgan fingerprint density at radius 1 is 1.20 bits per heavy atom. The monoisotopic (exact) mass is 308 g/mol. The molecule has 2 aromatic carbocycles. The van der Waals surface area contributed by atoms with Crippen molar-refractivity contribution in [2.45, 2.75) is 10.6 Å². The zero-order chi connectivity index (χ0) is 14.7. The Labute approximate surface area is 124 Å². The lowest BCUT2D eigenvalue weighted by Crippen LogP contribution is -2.12. The lowest BCUT2D eigenvalue weighted by molar-refractivity contribution is 0.100. The van der Waals surface area contributed by atoms with Crippen LogP contribution in [0.2, 0.25) is 5.02 Å². The number of carbonyl (C=O) groups is 1. The molecular formula is C14H13ClN2O2S. The highest BCUT2D eigenvalue weighted by Gasteiger charge is 2.10. The summed E-state index contributed by atoms with van der Waals surface area (Å²) in [6.45, 7) is 0. The molecule has 0 radical (unpaired) electrons. The van der Waals surface area contributed by atoms with Gasteiger partial charge in [-0.05, 0) is 35.9 Å². The van der Waals surface area contributed by atoms with E-state index in [4.69, 9.17) is 23.1 Å². The zero-order valence-corrected chi connectivity index (χ0v) is 12.1. The number of carbonyl (C=O) groups excluding carboxylic acids is 1. The Morgan fingerprint density at radius 2 is 1.95 bits per heavy atom. The minimum atomic E-state index is -1.25. The second-order valence-electron chi connectivity index (χ2n) is 4.23. The molecule has 2 rings (SSSR count). The molecule has 6 heteroatoms. The van der Waals surface area contributed by atoms with Crippen LogP contribution >= 0.6 is 11.6 Å². The van der Waals surface area contributed by atoms with Crippen molar-refractivity contribution >= 4 is 34.0 Å². The summed E-state index contributed by atoms with van der Waals surface area (Å²) < 4.78 is 12.2. The first kappa shape index (κ1) is 14.6. The van der Waals surface area contributed by atoms with E-state index in [0.717, 1.165) is 0 Å². The van der Waals surface area contributed by atoms with Crippen molar-refractivity contribution in [2.24, 2.45) is 5.73 Å². The Bertz CT molecular complexity index is 689. The van der Waals surface area contributed by atoms with Crippen molar-refractivity contribution in [3.05, 3.63) is 58.6 Å². The summed E-state index contributed by atoms with van der Waals surface area (Å²) in [5.41, 5.74) is 12.5. The summed E-state index contributed by atoms with van der Waals surface area (Å²) in [5, 5.41) is 0.535. The quantitative estimate of drug-likeness (QED) is 0.850. The van der Waals surface area contributed by atoms with Crippen LogP contribution in [0.4, 0.5) is 5.69 Å². The summed E-state index contributed by atoms with van der Waals surface area (Å²) in [4.78, 5) is 11.7. The minimum Gasteiger partial charge on any atom is -0.398 e. The van der Waals surface area contributed by atoms with E-state index in [9.17, 15) is 9.00 Å². The lowest BCUT2D eigenvalue weighted by atomic mass is 10.1. The highest BCUT2D eigenvalue weighted by Crippen LogP contribution is 2.20. The third-order valence-corrected chi connectivity index (χ3v) is 4.36. The molecule has 0 saturated heterocycles. The normalized spacial score (nSPS) is 12.1. The van der Waals surface area contributed by atoms with Gasteiger partial charge in [-0.25, -0.2) is 0 Å². The molecule has 0 saturated carbocycles. The van der Waals surface area contributed by atoms with Crippen molar-refractivity contribution in [2.75, 3.05) is 5.73 Å². The van der Waals surface area contributed by atoms with E-state index < -0.39 is 16.7 Å². The van der Waals surface area contributed by atoms with Gasteiger partial charge in [-0.1, -0.05) is 23.7 Å². The molecule has 104 valence electrons. The Morgan fingerprint density at radius 3 is 2.55 bits per heavy atom. The molecule has 2 aromatic rings. The van der Waals surface area contributed by atoms with Gasteiger partial charge in [0.2, 0.25) is 5.91 Å². The average molecular weight is 309 g/mol. The first-order chi connectivity index (χ1) is 9.47. The Balaban J connectivity index is 2.22. The molecule has 1 amide bonds. The molecule has 0 spiro atoms. The number of amides is 1. The molecule has 0 aromatic heterocycles. The van der Waals surface area contributed by atoms with Crippen LogP contribution in [-0.2, 0) is 16.6 Å². The highest BCUT2D eigenvalue weighted by molar-refractivity contribution is 7.84. The van der Waals surface area contributed by atoms with Crippen LogP contribution in [0.25, 0.3) is 0 Å². The van der Waals surface area contributed by atoms with Crippen molar-refractivity contribution in [3.63, 3.8) is 0 Å². The number of hydrogen-bond acceptors (Lipinski definition) is 3. The van der Waals surface area contributed by atoms with Gasteiger partial charge in [0.15, 0.2) is 0 Å². The molecule has 0 bridgehead atoms. The number of halogens is 1. The predicted octanol–water partition coefficient (Wildman–Crippen LogP) is 2.33. The number of rotatable bonds is 4. The molecule has 0 aliphatic heterocycles. The van der Waals surface area contributed by atoms with Crippen molar-refractivity contribution < 1.29 is 9.00 Å². The van der Waals surface area contributed by atoms with Crippen LogP contribution in [0.15, 0.2) is 47.4 Å². The largest absolute Gasteiger partial charge is 0.398 e. The summed E-state index contributed by atoms with van der Waals surface area (Å²) in [6, 6.07) is 11.6. The molecule has 1 unspecified atom stereocenters. The van der Waals surface area contributed by atoms with E-state index in [-0.39, 0.29) is 5.75 Å². The Kier molecular flexibility index (Phi) is 4.42. The molecule has 4 N–H and O–H groups in total. The predicted molar refractivity (Wildman–Crippen MR) is 80.9 cm³/mol. The van der Waals surface area contributed by atoms with E-state index in [1.54, 1.807) is 36.4 Å². The maximum absolute atomic E-state index is 12.2. The molecule has 0 heterocycles. The maximum atomic E-state index is 12.2. The van der Waals surface area contributed by atoms with Crippen molar-refractivity contribution in [3.8, 4) is 0 Å². The molecule has 0 aliphatic rings. The van der Waals surface area contributed by atoms with Gasteiger partial charge in [-0.15, -0.1) is 0 Å². The molecule has 0 aliphatic carbocycles. The van der Waals surface area contributed by atoms with E-state index in [2.05, 4.69) is 0 Å². The third-order valence-electron chi connectivity index (χ3n) is 2.78. The van der Waals surface area contributed by atoms with E-state index in [1.165, 1.54) is 6.07 Å². The molecule has 20 heavy (non-hydrogen) atoms. The first-order valence-corrected chi connectivity index (χ1v) is 7.49. The standard InChI is InChI=1S/C14H13ClN2O2S/c15-11-2-1-3-12(7-11)20(19)8-10-5-4-9(14(17)18)6-13(10)16/h1-7H,8,16H2,(H2,17,18). The number of hydrogen-bond donors (Lipinski definition) is 2. The average Bonchev–Trinajstić information content (AvgIpc) is 2.40. The number of primary amides is 1. The summed E-state index contributed by atoms with van der Waals surface area (Å²) in [6.07, 6.45) is 0. The van der Waals surface area contributed by atoms with E-state index in [1.807, 2.05) is 0 Å². The van der Waals surface area contributed by atoms with Gasteiger partial charge in [0, 0.05) is 21.2 Å². The fourth-order valence-corrected chi connectivity index (χ4v) is 3.17. The van der Waals surface area contributed by atoms with Gasteiger partial charge in [0.05, 0.1) is 16.6 Å². The van der Waals surface area contributed by atoms with Crippen LogP contribution in [0.3, 0.4) is 0 Å². The van der Waals surface area contributed by atoms with Gasteiger partial charge in [-0.2, -0.15) is 0 Å². The maximum Gasteiger partial charge on any atom is 0.248 e. The van der Waals surface area contributed by atoms with Crippen LogP contribution < -0.4 is 11.5 Å². The summed E-state index contributed by atoms with van der Waals surface area (Å²) >= 11 is 5.87. The molecule has 0 fully saturated rings. The second kappa shape index (κ2) is 6.07. The highest BCUT2D eigenvalue weighted by atomic mass is 35.5. The van der Waals surface area contributed by atoms with Crippen molar-refractivity contribution in [1.82, 2.24) is 0 Å². The van der Waals surface area contributed by atoms with E-state index in [0.29, 0.717) is 26.7 Å². The zero-order valence-electron chi connectivity index (χ0n) is 10.5. The van der Waals surface area contributed by atoms with Crippen LogP contribution in [0.5, 0.6) is 0 Å². The fourth-order valence-electron chi connectivity index (χ4n) is 1.71. The number of nitrogen functional groups attached to an aromatic ring is 1. The molecule has 1 atom stereocenters. The smallest absolute Gasteiger partial charge is 0.248 e. The summed E-state index contributed by atoms with van der Waals surface area (Å²) in [5.74, 6) is -0.287. The topological polar surface area (TPSA) is 86.2 Å². The number of nitrogens with two attached hydrogens (primary N) is 2. The minimum absolute atomic E-state index is 0.255. The third kappa shape index (κ3) is 3.37. The second-order valence-corrected chi connectivity index (χ2v) is 6.11. The fraction of sp³-hybridized carbons (Fsp3) is 0.0714. The van der Waals surface area contributed by atoms with Gasteiger partial charge in [0.25, 0.3) is 0 Å². The van der Waals surface area contributed by atoms with Crippen LogP contribution in [-0.4, -0.2) is 10.1 Å². The SMILES string of the molecule is NC(=O)c1ccc(CS(=O)c2cccc(Cl)c2)c(N)c1. The lowest BCUT2D eigenvalue weighted by Gasteiger charge is -2.07. The van der Waals surface area contributed by atoms with Crippen molar-refractivity contribution in [1.29, 1.82) is 0 Å². The number of anilines is 1. The van der Waals surface area contributed by atoms with Gasteiger partial charge < -0.3 is 11.5 Å². The summed E-state index contributed by atoms with van der Waals surface area (Å²) in [7, 11) is -1.25.